The summed E-state index contributed by atoms with van der Waals surface area (Å²) in [5, 5.41) is 11.4. The van der Waals surface area contributed by atoms with E-state index < -0.39 is 0 Å². The number of hydrogen-bond donors (Lipinski definition) is 1. The first kappa shape index (κ1) is 16.8. The van der Waals surface area contributed by atoms with E-state index in [0.717, 1.165) is 23.7 Å². The van der Waals surface area contributed by atoms with Crippen molar-refractivity contribution in [3.8, 4) is 0 Å². The summed E-state index contributed by atoms with van der Waals surface area (Å²) in [4.78, 5) is 2.64. The molecule has 0 aromatic carbocycles. The van der Waals surface area contributed by atoms with Gasteiger partial charge in [0.15, 0.2) is 0 Å². The van der Waals surface area contributed by atoms with Crippen LogP contribution in [-0.4, -0.2) is 47.4 Å². The number of likely N-dealkylation sites (tertiary alicyclic amines) is 1. The zero-order chi connectivity index (χ0) is 17.7. The van der Waals surface area contributed by atoms with Crippen molar-refractivity contribution < 1.29 is 9.84 Å². The molecule has 1 N–H and O–H groups in total. The second kappa shape index (κ2) is 5.48. The van der Waals surface area contributed by atoms with Crippen LogP contribution in [0.25, 0.3) is 0 Å². The number of rotatable bonds is 1. The second-order valence-electron chi connectivity index (χ2n) is 11.3. The van der Waals surface area contributed by atoms with E-state index in [4.69, 9.17) is 4.74 Å². The minimum atomic E-state index is -0.0976. The lowest BCUT2D eigenvalue weighted by atomic mass is 9.45. The number of nitrogens with zero attached hydrogens (tertiary/aromatic N) is 1. The molecule has 3 heteroatoms. The van der Waals surface area contributed by atoms with Crippen molar-refractivity contribution in [2.75, 3.05) is 13.1 Å². The molecule has 1 unspecified atom stereocenters. The van der Waals surface area contributed by atoms with Crippen molar-refractivity contribution in [3.63, 3.8) is 0 Å². The van der Waals surface area contributed by atoms with Gasteiger partial charge in [-0.25, -0.2) is 0 Å². The normalized spacial score (nSPS) is 61.5. The van der Waals surface area contributed by atoms with Crippen molar-refractivity contribution in [3.05, 3.63) is 0 Å². The van der Waals surface area contributed by atoms with Gasteiger partial charge in [0.25, 0.3) is 0 Å². The van der Waals surface area contributed by atoms with Crippen molar-refractivity contribution in [1.82, 2.24) is 4.90 Å². The summed E-state index contributed by atoms with van der Waals surface area (Å²) in [6.45, 7) is 7.51. The number of ether oxygens (including phenoxy) is 1. The molecular formula is C23H37NO2. The Morgan fingerprint density at radius 3 is 2.54 bits per heavy atom. The van der Waals surface area contributed by atoms with Gasteiger partial charge >= 0.3 is 0 Å². The smallest absolute Gasteiger partial charge is 0.0847 e. The Kier molecular flexibility index (Phi) is 3.54. The Hall–Kier alpha value is -0.120. The Labute approximate surface area is 158 Å². The van der Waals surface area contributed by atoms with Gasteiger partial charge in [0.2, 0.25) is 0 Å². The molecular weight excluding hydrogens is 322 g/mol. The number of hydrogen-bond acceptors (Lipinski definition) is 3. The molecule has 2 saturated heterocycles. The first-order chi connectivity index (χ1) is 12.5. The van der Waals surface area contributed by atoms with Crippen LogP contribution in [0.15, 0.2) is 0 Å². The van der Waals surface area contributed by atoms with Crippen LogP contribution in [0.2, 0.25) is 0 Å². The maximum Gasteiger partial charge on any atom is 0.0847 e. The fourth-order valence-electron chi connectivity index (χ4n) is 8.93. The largest absolute Gasteiger partial charge is 0.391 e. The van der Waals surface area contributed by atoms with Gasteiger partial charge in [0.05, 0.1) is 18.3 Å². The Balaban J connectivity index is 1.29. The van der Waals surface area contributed by atoms with E-state index >= 15 is 0 Å². The maximum atomic E-state index is 11.4. The monoisotopic (exact) mass is 359 g/mol. The lowest BCUT2D eigenvalue weighted by Gasteiger charge is -2.59. The van der Waals surface area contributed by atoms with Gasteiger partial charge in [0, 0.05) is 6.04 Å². The van der Waals surface area contributed by atoms with Crippen LogP contribution in [0, 0.1) is 34.5 Å². The molecule has 0 amide bonds. The summed E-state index contributed by atoms with van der Waals surface area (Å²) < 4.78 is 5.98. The van der Waals surface area contributed by atoms with Gasteiger partial charge in [-0.2, -0.15) is 0 Å². The lowest BCUT2D eigenvalue weighted by molar-refractivity contribution is -0.119. The molecule has 2 aliphatic heterocycles. The number of aliphatic hydroxyl groups is 1. The van der Waals surface area contributed by atoms with Gasteiger partial charge in [-0.1, -0.05) is 13.8 Å². The number of epoxide rings is 1. The van der Waals surface area contributed by atoms with Crippen molar-refractivity contribution in [2.24, 2.45) is 34.5 Å². The first-order valence-electron chi connectivity index (χ1n) is 11.6. The van der Waals surface area contributed by atoms with Crippen LogP contribution in [0.3, 0.4) is 0 Å². The van der Waals surface area contributed by atoms with Crippen LogP contribution in [0.5, 0.6) is 0 Å². The Bertz CT molecular complexity index is 589. The van der Waals surface area contributed by atoms with Crippen molar-refractivity contribution in [1.29, 1.82) is 0 Å². The minimum Gasteiger partial charge on any atom is -0.391 e. The van der Waals surface area contributed by atoms with E-state index in [1.165, 1.54) is 70.9 Å². The summed E-state index contributed by atoms with van der Waals surface area (Å²) in [7, 11) is 0. The third-order valence-corrected chi connectivity index (χ3v) is 10.5. The molecule has 4 saturated carbocycles. The fraction of sp³-hybridized carbons (Fsp3) is 1.00. The molecule has 3 nitrogen and oxygen atoms in total. The average Bonchev–Trinajstić information content (AvgIpc) is 3.02. The molecule has 6 fully saturated rings. The van der Waals surface area contributed by atoms with Gasteiger partial charge in [-0.15, -0.1) is 0 Å². The van der Waals surface area contributed by atoms with Crippen LogP contribution in [-0.2, 0) is 4.74 Å². The summed E-state index contributed by atoms with van der Waals surface area (Å²) in [6.07, 6.45) is 13.1. The van der Waals surface area contributed by atoms with E-state index in [-0.39, 0.29) is 11.5 Å². The van der Waals surface area contributed by atoms with Crippen LogP contribution in [0.1, 0.15) is 71.6 Å². The van der Waals surface area contributed by atoms with E-state index in [1.807, 2.05) is 0 Å². The summed E-state index contributed by atoms with van der Waals surface area (Å²) in [5.74, 6) is 3.39. The lowest BCUT2D eigenvalue weighted by Crippen LogP contribution is -2.54. The van der Waals surface area contributed by atoms with Crippen LogP contribution < -0.4 is 0 Å². The third kappa shape index (κ3) is 2.12. The van der Waals surface area contributed by atoms with Crippen LogP contribution in [0.4, 0.5) is 0 Å². The van der Waals surface area contributed by atoms with Crippen molar-refractivity contribution in [2.45, 2.75) is 96.0 Å². The summed E-state index contributed by atoms with van der Waals surface area (Å²) in [6, 6.07) is 0.444. The first-order valence-corrected chi connectivity index (χ1v) is 11.6. The van der Waals surface area contributed by atoms with E-state index in [1.54, 1.807) is 0 Å². The molecule has 10 atom stereocenters. The fourth-order valence-corrected chi connectivity index (χ4v) is 8.93. The molecule has 146 valence electrons. The molecule has 6 aliphatic rings. The zero-order valence-electron chi connectivity index (χ0n) is 16.7. The third-order valence-electron chi connectivity index (χ3n) is 10.5. The molecule has 26 heavy (non-hydrogen) atoms. The maximum absolute atomic E-state index is 11.4. The second-order valence-corrected chi connectivity index (χ2v) is 11.3. The molecule has 0 bridgehead atoms. The predicted molar refractivity (Wildman–Crippen MR) is 102 cm³/mol. The van der Waals surface area contributed by atoms with Crippen molar-refractivity contribution >= 4 is 0 Å². The molecule has 0 aromatic rings. The summed E-state index contributed by atoms with van der Waals surface area (Å²) >= 11 is 0. The minimum absolute atomic E-state index is 0.0976. The number of fused-ring (bicyclic) bond motifs is 6. The molecule has 0 spiro atoms. The quantitative estimate of drug-likeness (QED) is 0.723. The van der Waals surface area contributed by atoms with Crippen LogP contribution >= 0.6 is 0 Å². The molecule has 0 radical (unpaired) electrons. The van der Waals surface area contributed by atoms with Gasteiger partial charge in [-0.3, -0.25) is 4.90 Å². The summed E-state index contributed by atoms with van der Waals surface area (Å²) in [5.41, 5.74) is 0.684. The topological polar surface area (TPSA) is 36.0 Å². The average molecular weight is 360 g/mol. The highest BCUT2D eigenvalue weighted by Crippen LogP contribution is 2.68. The SMILES string of the molecule is C[C@]12C[C@H]3O[C@H]3C[C@@H]1CC[C@@H]1[C@@H]2CC[C@]2(C)[C@@H](O)C(N3CCCC3)C[C@@H]12. The molecule has 0 aromatic heterocycles. The number of aliphatic hydroxyl groups excluding tert-OH is 1. The van der Waals surface area contributed by atoms with Gasteiger partial charge in [0.1, 0.15) is 0 Å². The standard InChI is InChI=1S/C23H37NO2/c1-22-8-7-16-15(6-5-14-11-19-20(26-19)13-23(14,16)2)17(22)12-18(21(22)25)24-9-3-4-10-24/h14-21,25H,3-13H2,1-2H3/t14-,15+,16-,17-,18?,19-,20+,21-,22-,23-/m0/s1. The Morgan fingerprint density at radius 2 is 1.73 bits per heavy atom. The van der Waals surface area contributed by atoms with Gasteiger partial charge in [-0.05, 0) is 105 Å². The van der Waals surface area contributed by atoms with Gasteiger partial charge < -0.3 is 9.84 Å². The Morgan fingerprint density at radius 1 is 0.923 bits per heavy atom. The molecule has 2 heterocycles. The predicted octanol–water partition coefficient (Wildman–Crippen LogP) is 3.84. The highest BCUT2D eigenvalue weighted by atomic mass is 16.6. The zero-order valence-corrected chi connectivity index (χ0v) is 16.7. The highest BCUT2D eigenvalue weighted by Gasteiger charge is 2.65. The highest BCUT2D eigenvalue weighted by molar-refractivity contribution is 5.15. The molecule has 6 rings (SSSR count). The van der Waals surface area contributed by atoms with E-state index in [9.17, 15) is 5.11 Å². The van der Waals surface area contributed by atoms with E-state index in [0.29, 0.717) is 23.7 Å². The van der Waals surface area contributed by atoms with E-state index in [2.05, 4.69) is 18.7 Å². The molecule has 4 aliphatic carbocycles.